The number of hydrogen-bond acceptors (Lipinski definition) is 5. The number of hydrogen-bond donors (Lipinski definition) is 0. The monoisotopic (exact) mass is 399 g/mol. The summed E-state index contributed by atoms with van der Waals surface area (Å²) >= 11 is 5.53. The summed E-state index contributed by atoms with van der Waals surface area (Å²) in [5.74, 6) is 1.82. The van der Waals surface area contributed by atoms with Gasteiger partial charge in [0.15, 0.2) is 0 Å². The third-order valence-electron chi connectivity index (χ3n) is 5.36. The molecule has 0 spiro atoms. The Morgan fingerprint density at radius 3 is 2.54 bits per heavy atom. The van der Waals surface area contributed by atoms with Gasteiger partial charge >= 0.3 is 5.24 Å². The quantitative estimate of drug-likeness (QED) is 0.637. The van der Waals surface area contributed by atoms with Crippen LogP contribution in [0, 0.1) is 5.92 Å². The van der Waals surface area contributed by atoms with Crippen molar-refractivity contribution >= 4 is 17.5 Å². The first kappa shape index (κ1) is 20.6. The molecule has 1 fully saturated rings. The van der Waals surface area contributed by atoms with Crippen molar-refractivity contribution in [3.05, 3.63) is 60.2 Å². The number of rotatable bonds is 6. The molecule has 1 saturated carbocycles. The first-order valence-electron chi connectivity index (χ1n) is 9.78. The Bertz CT molecular complexity index is 780. The number of nitrogens with zero attached hydrogens (tertiary/aromatic N) is 1. The lowest BCUT2D eigenvalue weighted by Gasteiger charge is -2.45. The molecule has 28 heavy (non-hydrogen) atoms. The van der Waals surface area contributed by atoms with E-state index in [1.165, 1.54) is 6.42 Å². The van der Waals surface area contributed by atoms with Crippen LogP contribution in [-0.4, -0.2) is 37.9 Å². The molecule has 0 N–H and O–H groups in total. The van der Waals surface area contributed by atoms with E-state index in [1.807, 2.05) is 42.5 Å². The van der Waals surface area contributed by atoms with E-state index in [-0.39, 0.29) is 5.24 Å². The zero-order chi connectivity index (χ0) is 20.0. The maximum absolute atomic E-state index is 6.51. The molecule has 2 aromatic carbocycles. The molecule has 2 atom stereocenters. The summed E-state index contributed by atoms with van der Waals surface area (Å²) in [5.41, 5.74) is 0.570. The van der Waals surface area contributed by atoms with Crippen LogP contribution in [0.3, 0.4) is 0 Å². The SMILES string of the molecule is COc1cccc(C2(OC(=S)Oc3ccccc3)CCCCC2CN(C)C)c1. The minimum Gasteiger partial charge on any atom is -0.497 e. The van der Waals surface area contributed by atoms with Crippen LogP contribution in [0.15, 0.2) is 54.6 Å². The van der Waals surface area contributed by atoms with Crippen LogP contribution in [0.2, 0.25) is 0 Å². The standard InChI is InChI=1S/C23H29NO3S/c1-24(2)17-19-10-7-8-15-23(19,18-11-9-14-21(16-18)25-3)27-22(28)26-20-12-5-4-6-13-20/h4-6,9,11-14,16,19H,7-8,10,15,17H2,1-3H3. The van der Waals surface area contributed by atoms with Crippen molar-refractivity contribution in [3.63, 3.8) is 0 Å². The average molecular weight is 400 g/mol. The maximum Gasteiger partial charge on any atom is 0.358 e. The number of methoxy groups -OCH3 is 1. The molecule has 5 heteroatoms. The molecule has 1 aliphatic carbocycles. The van der Waals surface area contributed by atoms with Gasteiger partial charge in [-0.15, -0.1) is 0 Å². The van der Waals surface area contributed by atoms with Crippen molar-refractivity contribution in [2.24, 2.45) is 5.92 Å². The van der Waals surface area contributed by atoms with Crippen LogP contribution in [0.5, 0.6) is 11.5 Å². The van der Waals surface area contributed by atoms with Crippen LogP contribution in [-0.2, 0) is 10.3 Å². The van der Waals surface area contributed by atoms with Gasteiger partial charge in [0.1, 0.15) is 17.1 Å². The minimum atomic E-state index is -0.525. The molecule has 2 unspecified atom stereocenters. The first-order chi connectivity index (χ1) is 13.5. The van der Waals surface area contributed by atoms with E-state index in [1.54, 1.807) is 7.11 Å². The molecule has 2 aromatic rings. The number of ether oxygens (including phenoxy) is 3. The van der Waals surface area contributed by atoms with Crippen LogP contribution in [0.1, 0.15) is 31.2 Å². The lowest BCUT2D eigenvalue weighted by molar-refractivity contribution is -0.0589. The molecule has 0 aromatic heterocycles. The fourth-order valence-electron chi connectivity index (χ4n) is 4.11. The normalized spacial score (nSPS) is 21.9. The summed E-state index contributed by atoms with van der Waals surface area (Å²) in [6, 6.07) is 17.7. The third-order valence-corrected chi connectivity index (χ3v) is 5.53. The summed E-state index contributed by atoms with van der Waals surface area (Å²) in [6.07, 6.45) is 4.27. The summed E-state index contributed by atoms with van der Waals surface area (Å²) in [5, 5.41) is 0.166. The highest BCUT2D eigenvalue weighted by Gasteiger charge is 2.46. The zero-order valence-corrected chi connectivity index (χ0v) is 17.7. The summed E-state index contributed by atoms with van der Waals surface area (Å²) in [7, 11) is 5.89. The van der Waals surface area contributed by atoms with E-state index in [0.29, 0.717) is 11.7 Å². The van der Waals surface area contributed by atoms with Gasteiger partial charge in [-0.3, -0.25) is 0 Å². The van der Waals surface area contributed by atoms with Crippen LogP contribution >= 0.6 is 12.2 Å². The van der Waals surface area contributed by atoms with Gasteiger partial charge in [-0.25, -0.2) is 0 Å². The lowest BCUT2D eigenvalue weighted by Crippen LogP contribution is -2.46. The summed E-state index contributed by atoms with van der Waals surface area (Å²) < 4.78 is 17.8. The van der Waals surface area contributed by atoms with E-state index in [2.05, 4.69) is 31.1 Å². The van der Waals surface area contributed by atoms with E-state index in [4.69, 9.17) is 26.4 Å². The van der Waals surface area contributed by atoms with Gasteiger partial charge in [0.2, 0.25) is 0 Å². The Balaban J connectivity index is 1.94. The minimum absolute atomic E-state index is 0.166. The Hall–Kier alpha value is -2.11. The molecule has 0 radical (unpaired) electrons. The molecular formula is C23H29NO3S. The predicted molar refractivity (Wildman–Crippen MR) is 116 cm³/mol. The Labute approximate surface area is 173 Å². The molecule has 1 aliphatic rings. The predicted octanol–water partition coefficient (Wildman–Crippen LogP) is 5.02. The van der Waals surface area contributed by atoms with E-state index < -0.39 is 5.60 Å². The Morgan fingerprint density at radius 1 is 1.07 bits per heavy atom. The highest BCUT2D eigenvalue weighted by atomic mass is 32.1. The largest absolute Gasteiger partial charge is 0.497 e. The van der Waals surface area contributed by atoms with Crippen LogP contribution in [0.4, 0.5) is 0 Å². The molecule has 0 amide bonds. The van der Waals surface area contributed by atoms with Gasteiger partial charge in [-0.2, -0.15) is 0 Å². The van der Waals surface area contributed by atoms with Gasteiger partial charge in [0, 0.05) is 24.7 Å². The lowest BCUT2D eigenvalue weighted by atomic mass is 9.71. The van der Waals surface area contributed by atoms with Crippen molar-refractivity contribution in [2.45, 2.75) is 31.3 Å². The van der Waals surface area contributed by atoms with E-state index in [0.717, 1.165) is 37.1 Å². The number of thiocarbonyl (C=S) groups is 1. The van der Waals surface area contributed by atoms with Gasteiger partial charge in [-0.1, -0.05) is 36.8 Å². The van der Waals surface area contributed by atoms with Crippen molar-refractivity contribution in [1.29, 1.82) is 0 Å². The van der Waals surface area contributed by atoms with Gasteiger partial charge < -0.3 is 19.1 Å². The van der Waals surface area contributed by atoms with E-state index >= 15 is 0 Å². The highest BCUT2D eigenvalue weighted by molar-refractivity contribution is 7.79. The van der Waals surface area contributed by atoms with Crippen molar-refractivity contribution < 1.29 is 14.2 Å². The summed E-state index contributed by atoms with van der Waals surface area (Å²) in [4.78, 5) is 2.22. The van der Waals surface area contributed by atoms with Crippen molar-refractivity contribution in [3.8, 4) is 11.5 Å². The highest BCUT2D eigenvalue weighted by Crippen LogP contribution is 2.46. The van der Waals surface area contributed by atoms with E-state index in [9.17, 15) is 0 Å². The smallest absolute Gasteiger partial charge is 0.358 e. The topological polar surface area (TPSA) is 30.9 Å². The Morgan fingerprint density at radius 2 is 1.82 bits per heavy atom. The second-order valence-electron chi connectivity index (χ2n) is 7.59. The fraction of sp³-hybridized carbons (Fsp3) is 0.435. The second-order valence-corrected chi connectivity index (χ2v) is 7.93. The molecular weight excluding hydrogens is 370 g/mol. The van der Waals surface area contributed by atoms with Crippen molar-refractivity contribution in [2.75, 3.05) is 27.7 Å². The van der Waals surface area contributed by atoms with Crippen LogP contribution in [0.25, 0.3) is 0 Å². The Kier molecular flexibility index (Phi) is 6.92. The van der Waals surface area contributed by atoms with Gasteiger partial charge in [-0.05, 0) is 63.2 Å². The molecule has 4 nitrogen and oxygen atoms in total. The number of benzene rings is 2. The fourth-order valence-corrected chi connectivity index (χ4v) is 4.35. The van der Waals surface area contributed by atoms with Gasteiger partial charge in [0.05, 0.1) is 7.11 Å². The number of para-hydroxylation sites is 1. The molecule has 0 heterocycles. The zero-order valence-electron chi connectivity index (χ0n) is 16.9. The first-order valence-corrected chi connectivity index (χ1v) is 10.2. The average Bonchev–Trinajstić information content (AvgIpc) is 2.70. The molecule has 0 bridgehead atoms. The molecule has 0 saturated heterocycles. The third kappa shape index (κ3) is 4.83. The molecule has 0 aliphatic heterocycles. The molecule has 150 valence electrons. The second kappa shape index (κ2) is 9.39. The maximum atomic E-state index is 6.51. The van der Waals surface area contributed by atoms with Gasteiger partial charge in [0.25, 0.3) is 0 Å². The van der Waals surface area contributed by atoms with Crippen LogP contribution < -0.4 is 9.47 Å². The molecule has 3 rings (SSSR count). The van der Waals surface area contributed by atoms with Crippen molar-refractivity contribution in [1.82, 2.24) is 4.90 Å². The summed E-state index contributed by atoms with van der Waals surface area (Å²) in [6.45, 7) is 0.922.